The number of anilines is 1. The van der Waals surface area contributed by atoms with Gasteiger partial charge < -0.3 is 19.7 Å². The van der Waals surface area contributed by atoms with E-state index in [0.717, 1.165) is 0 Å². The van der Waals surface area contributed by atoms with Gasteiger partial charge in [-0.1, -0.05) is 11.8 Å². The van der Waals surface area contributed by atoms with E-state index in [0.29, 0.717) is 37.2 Å². The van der Waals surface area contributed by atoms with Gasteiger partial charge in [0.15, 0.2) is 5.17 Å². The molecule has 0 aliphatic carbocycles. The third-order valence-corrected chi connectivity index (χ3v) is 4.96. The van der Waals surface area contributed by atoms with Crippen LogP contribution >= 0.6 is 11.8 Å². The molecule has 1 fully saturated rings. The van der Waals surface area contributed by atoms with Crippen LogP contribution in [0.2, 0.25) is 0 Å². The van der Waals surface area contributed by atoms with Gasteiger partial charge in [0.2, 0.25) is 5.91 Å². The van der Waals surface area contributed by atoms with Gasteiger partial charge in [-0.05, 0) is 24.3 Å². The van der Waals surface area contributed by atoms with Gasteiger partial charge in [-0.3, -0.25) is 9.59 Å². The molecular weight excluding hydrogens is 368 g/mol. The molecule has 1 saturated heterocycles. The molecule has 2 heterocycles. The van der Waals surface area contributed by atoms with Gasteiger partial charge in [-0.15, -0.1) is 0 Å². The Morgan fingerprint density at radius 2 is 2.04 bits per heavy atom. The maximum Gasteiger partial charge on any atom is 0.387 e. The largest absolute Gasteiger partial charge is 0.435 e. The standard InChI is InChI=1S/C16H17F2N3O4S/c17-15(18)25-11-3-1-10(2-4-11)19-13(22)9-12-14(23)20-16(26-12)21-5-7-24-8-6-21/h1-4,12,15H,5-9H2,(H,19,22)/t12-/m1/s1. The third-order valence-electron chi connectivity index (χ3n) is 3.74. The molecule has 26 heavy (non-hydrogen) atoms. The van der Waals surface area contributed by atoms with Crippen LogP contribution in [0.15, 0.2) is 29.3 Å². The Balaban J connectivity index is 1.50. The maximum absolute atomic E-state index is 12.1. The number of amides is 2. The molecule has 140 valence electrons. The lowest BCUT2D eigenvalue weighted by molar-refractivity contribution is -0.121. The van der Waals surface area contributed by atoms with Crippen molar-refractivity contribution in [2.24, 2.45) is 4.99 Å². The molecule has 1 atom stereocenters. The molecule has 1 aromatic carbocycles. The number of benzene rings is 1. The SMILES string of the molecule is O=C(C[C@H]1SC(N2CCOCC2)=NC1=O)Nc1ccc(OC(F)F)cc1. The average molecular weight is 385 g/mol. The summed E-state index contributed by atoms with van der Waals surface area (Å²) in [5.41, 5.74) is 0.432. The summed E-state index contributed by atoms with van der Waals surface area (Å²) in [5.74, 6) is -0.674. The lowest BCUT2D eigenvalue weighted by Crippen LogP contribution is -2.39. The van der Waals surface area contributed by atoms with E-state index in [1.165, 1.54) is 36.0 Å². The maximum atomic E-state index is 12.1. The molecule has 10 heteroatoms. The van der Waals surface area contributed by atoms with E-state index >= 15 is 0 Å². The Kier molecular flexibility index (Phi) is 6.04. The van der Waals surface area contributed by atoms with E-state index in [-0.39, 0.29) is 24.0 Å². The first-order valence-corrected chi connectivity index (χ1v) is 8.86. The molecule has 0 unspecified atom stereocenters. The van der Waals surface area contributed by atoms with Crippen molar-refractivity contribution in [1.82, 2.24) is 4.90 Å². The summed E-state index contributed by atoms with van der Waals surface area (Å²) in [6.07, 6.45) is -0.0177. The quantitative estimate of drug-likeness (QED) is 0.835. The molecule has 1 N–H and O–H groups in total. The highest BCUT2D eigenvalue weighted by molar-refractivity contribution is 8.15. The van der Waals surface area contributed by atoms with Crippen LogP contribution in [0.3, 0.4) is 0 Å². The average Bonchev–Trinajstić information content (AvgIpc) is 2.97. The monoisotopic (exact) mass is 385 g/mol. The number of halogens is 2. The Hall–Kier alpha value is -2.20. The van der Waals surface area contributed by atoms with Gasteiger partial charge in [-0.2, -0.15) is 13.8 Å². The summed E-state index contributed by atoms with van der Waals surface area (Å²) in [6.45, 7) is -0.383. The number of nitrogens with zero attached hydrogens (tertiary/aromatic N) is 2. The number of rotatable bonds is 5. The molecule has 3 rings (SSSR count). The summed E-state index contributed by atoms with van der Waals surface area (Å²) >= 11 is 1.28. The van der Waals surface area contributed by atoms with Crippen molar-refractivity contribution in [3.8, 4) is 5.75 Å². The van der Waals surface area contributed by atoms with Gasteiger partial charge in [0.05, 0.1) is 13.2 Å². The second-order valence-electron chi connectivity index (χ2n) is 5.59. The molecular formula is C16H17F2N3O4S. The topological polar surface area (TPSA) is 80.2 Å². The molecule has 1 aromatic rings. The van der Waals surface area contributed by atoms with Gasteiger partial charge in [-0.25, -0.2) is 0 Å². The van der Waals surface area contributed by atoms with E-state index < -0.39 is 11.9 Å². The number of ether oxygens (including phenoxy) is 2. The molecule has 0 aromatic heterocycles. The zero-order valence-electron chi connectivity index (χ0n) is 13.7. The van der Waals surface area contributed by atoms with E-state index in [9.17, 15) is 18.4 Å². The highest BCUT2D eigenvalue weighted by atomic mass is 32.2. The first kappa shape index (κ1) is 18.6. The van der Waals surface area contributed by atoms with Crippen LogP contribution in [0.5, 0.6) is 5.75 Å². The highest BCUT2D eigenvalue weighted by Gasteiger charge is 2.33. The summed E-state index contributed by atoms with van der Waals surface area (Å²) < 4.78 is 33.7. The minimum atomic E-state index is -2.90. The Bertz CT molecular complexity index is 693. The van der Waals surface area contributed by atoms with Crippen LogP contribution in [0.4, 0.5) is 14.5 Å². The number of carbonyl (C=O) groups is 2. The molecule has 0 saturated carbocycles. The number of amidine groups is 1. The Labute approximate surface area is 152 Å². The number of aliphatic imine (C=N–C) groups is 1. The van der Waals surface area contributed by atoms with Gasteiger partial charge >= 0.3 is 6.61 Å². The lowest BCUT2D eigenvalue weighted by atomic mass is 10.2. The third kappa shape index (κ3) is 4.92. The normalized spacial score (nSPS) is 20.3. The number of morpholine rings is 1. The van der Waals surface area contributed by atoms with Crippen molar-refractivity contribution in [3.63, 3.8) is 0 Å². The van der Waals surface area contributed by atoms with Crippen LogP contribution in [-0.4, -0.2) is 60.0 Å². The molecule has 0 spiro atoms. The summed E-state index contributed by atoms with van der Waals surface area (Å²) in [5, 5.41) is 2.70. The van der Waals surface area contributed by atoms with Crippen molar-refractivity contribution in [2.45, 2.75) is 18.3 Å². The number of thioether (sulfide) groups is 1. The fraction of sp³-hybridized carbons (Fsp3) is 0.438. The summed E-state index contributed by atoms with van der Waals surface area (Å²) in [4.78, 5) is 30.2. The van der Waals surface area contributed by atoms with E-state index in [1.807, 2.05) is 4.90 Å². The molecule has 2 aliphatic rings. The number of alkyl halides is 2. The first-order valence-electron chi connectivity index (χ1n) is 7.98. The van der Waals surface area contributed by atoms with Crippen LogP contribution in [-0.2, 0) is 14.3 Å². The smallest absolute Gasteiger partial charge is 0.387 e. The number of hydrogen-bond acceptors (Lipinski definition) is 6. The predicted molar refractivity (Wildman–Crippen MR) is 92.5 cm³/mol. The molecule has 0 bridgehead atoms. The van der Waals surface area contributed by atoms with Crippen LogP contribution < -0.4 is 10.1 Å². The number of hydrogen-bond donors (Lipinski definition) is 1. The lowest BCUT2D eigenvalue weighted by Gasteiger charge is -2.27. The molecule has 7 nitrogen and oxygen atoms in total. The van der Waals surface area contributed by atoms with E-state index in [4.69, 9.17) is 4.74 Å². The van der Waals surface area contributed by atoms with E-state index in [2.05, 4.69) is 15.0 Å². The zero-order valence-corrected chi connectivity index (χ0v) is 14.5. The number of nitrogens with one attached hydrogen (secondary N) is 1. The molecule has 2 aliphatic heterocycles. The predicted octanol–water partition coefficient (Wildman–Crippen LogP) is 1.95. The minimum absolute atomic E-state index is 0.00285. The van der Waals surface area contributed by atoms with Crippen molar-refractivity contribution in [3.05, 3.63) is 24.3 Å². The zero-order chi connectivity index (χ0) is 18.5. The van der Waals surface area contributed by atoms with Gasteiger partial charge in [0.25, 0.3) is 5.91 Å². The first-order chi connectivity index (χ1) is 12.5. The Morgan fingerprint density at radius 3 is 2.69 bits per heavy atom. The van der Waals surface area contributed by atoms with Crippen molar-refractivity contribution in [2.75, 3.05) is 31.6 Å². The minimum Gasteiger partial charge on any atom is -0.435 e. The second-order valence-corrected chi connectivity index (χ2v) is 6.76. The van der Waals surface area contributed by atoms with Crippen LogP contribution in [0.1, 0.15) is 6.42 Å². The van der Waals surface area contributed by atoms with Crippen molar-refractivity contribution < 1.29 is 27.8 Å². The summed E-state index contributed by atoms with van der Waals surface area (Å²) in [7, 11) is 0. The van der Waals surface area contributed by atoms with Gasteiger partial charge in [0.1, 0.15) is 11.0 Å². The Morgan fingerprint density at radius 1 is 1.35 bits per heavy atom. The fourth-order valence-corrected chi connectivity index (χ4v) is 3.62. The highest BCUT2D eigenvalue weighted by Crippen LogP contribution is 2.28. The van der Waals surface area contributed by atoms with E-state index in [1.54, 1.807) is 0 Å². The molecule has 2 amide bonds. The summed E-state index contributed by atoms with van der Waals surface area (Å²) in [6, 6.07) is 5.57. The van der Waals surface area contributed by atoms with Crippen molar-refractivity contribution in [1.29, 1.82) is 0 Å². The molecule has 0 radical (unpaired) electrons. The van der Waals surface area contributed by atoms with Gasteiger partial charge in [0, 0.05) is 25.2 Å². The second kappa shape index (κ2) is 8.45. The fourth-order valence-electron chi connectivity index (χ4n) is 2.50. The van der Waals surface area contributed by atoms with Crippen LogP contribution in [0.25, 0.3) is 0 Å². The van der Waals surface area contributed by atoms with Crippen LogP contribution in [0, 0.1) is 0 Å². The van der Waals surface area contributed by atoms with Crippen molar-refractivity contribution >= 4 is 34.4 Å². The number of carbonyl (C=O) groups excluding carboxylic acids is 2.